The molecule has 3 rings (SSSR count). The molecule has 2 N–H and O–H groups in total. The normalized spacial score (nSPS) is 10.0. The van der Waals surface area contributed by atoms with E-state index in [0.29, 0.717) is 28.2 Å². The van der Waals surface area contributed by atoms with E-state index < -0.39 is 0 Å². The topological polar surface area (TPSA) is 90.7 Å². The molecular formula is C20H17N5O. The van der Waals surface area contributed by atoms with Crippen molar-refractivity contribution in [1.82, 2.24) is 15.4 Å². The van der Waals surface area contributed by atoms with E-state index in [1.165, 1.54) is 0 Å². The van der Waals surface area contributed by atoms with E-state index in [4.69, 9.17) is 0 Å². The highest BCUT2D eigenvalue weighted by atomic mass is 16.2. The van der Waals surface area contributed by atoms with Crippen molar-refractivity contribution in [3.63, 3.8) is 0 Å². The van der Waals surface area contributed by atoms with E-state index in [9.17, 15) is 10.1 Å². The van der Waals surface area contributed by atoms with Gasteiger partial charge in [0.1, 0.15) is 0 Å². The molecule has 1 aromatic heterocycles. The number of anilines is 1. The molecule has 0 atom stereocenters. The average molecular weight is 343 g/mol. The molecule has 1 amide bonds. The summed E-state index contributed by atoms with van der Waals surface area (Å²) in [6, 6.07) is 18.3. The highest BCUT2D eigenvalue weighted by Gasteiger charge is 2.14. The summed E-state index contributed by atoms with van der Waals surface area (Å²) < 4.78 is 0. The Kier molecular flexibility index (Phi) is 4.90. The molecule has 0 saturated carbocycles. The number of nitrogens with zero attached hydrogens (tertiary/aromatic N) is 3. The number of aryl methyl sites for hydroxylation is 2. The van der Waals surface area contributed by atoms with Crippen molar-refractivity contribution < 1.29 is 4.79 Å². The molecule has 3 aromatic rings. The standard InChI is InChI=1S/C20H17N5O/c1-13-11-14(2)23-20(22-13)25-24-19(26)18-10-6-5-9-17(18)16-8-4-3-7-15(16)12-21/h3-11H,1-2H3,(H,24,26)(H,22,23,25). The van der Waals surface area contributed by atoms with Gasteiger partial charge in [0.15, 0.2) is 0 Å². The Balaban J connectivity index is 1.88. The summed E-state index contributed by atoms with van der Waals surface area (Å²) in [6.45, 7) is 3.71. The van der Waals surface area contributed by atoms with Crippen molar-refractivity contribution >= 4 is 11.9 Å². The Morgan fingerprint density at radius 1 is 0.962 bits per heavy atom. The quantitative estimate of drug-likeness (QED) is 0.709. The Bertz CT molecular complexity index is 987. The van der Waals surface area contributed by atoms with Gasteiger partial charge in [0.05, 0.1) is 11.6 Å². The molecule has 0 aliphatic rings. The second-order valence-corrected chi connectivity index (χ2v) is 5.76. The number of carbonyl (C=O) groups excluding carboxylic acids is 1. The number of amides is 1. The molecule has 0 unspecified atom stereocenters. The zero-order valence-electron chi connectivity index (χ0n) is 14.4. The number of benzene rings is 2. The molecule has 1 heterocycles. The van der Waals surface area contributed by atoms with Crippen LogP contribution in [0, 0.1) is 25.2 Å². The first-order valence-corrected chi connectivity index (χ1v) is 8.05. The SMILES string of the molecule is Cc1cc(C)nc(NNC(=O)c2ccccc2-c2ccccc2C#N)n1. The van der Waals surface area contributed by atoms with E-state index in [1.54, 1.807) is 24.3 Å². The lowest BCUT2D eigenvalue weighted by Gasteiger charge is -2.12. The maximum atomic E-state index is 12.7. The van der Waals surface area contributed by atoms with Crippen molar-refractivity contribution in [2.45, 2.75) is 13.8 Å². The van der Waals surface area contributed by atoms with Crippen molar-refractivity contribution in [2.75, 3.05) is 5.43 Å². The summed E-state index contributed by atoms with van der Waals surface area (Å²) in [5.74, 6) is -0.0122. The van der Waals surface area contributed by atoms with Crippen LogP contribution < -0.4 is 10.9 Å². The Morgan fingerprint density at radius 3 is 2.27 bits per heavy atom. The Hall–Kier alpha value is -3.72. The molecule has 26 heavy (non-hydrogen) atoms. The minimum atomic E-state index is -0.337. The van der Waals surface area contributed by atoms with Crippen LogP contribution in [0.4, 0.5) is 5.95 Å². The van der Waals surface area contributed by atoms with Crippen molar-refractivity contribution in [2.24, 2.45) is 0 Å². The van der Waals surface area contributed by atoms with Gasteiger partial charge in [-0.25, -0.2) is 9.97 Å². The number of hydrazine groups is 1. The molecule has 6 nitrogen and oxygen atoms in total. The van der Waals surface area contributed by atoms with E-state index in [1.807, 2.05) is 44.2 Å². The molecule has 6 heteroatoms. The van der Waals surface area contributed by atoms with Gasteiger partial charge in [-0.2, -0.15) is 5.26 Å². The molecule has 128 valence electrons. The number of carbonyl (C=O) groups is 1. The van der Waals surface area contributed by atoms with Gasteiger partial charge in [-0.1, -0.05) is 36.4 Å². The fourth-order valence-electron chi connectivity index (χ4n) is 2.69. The molecule has 0 radical (unpaired) electrons. The lowest BCUT2D eigenvalue weighted by molar-refractivity contribution is 0.0963. The average Bonchev–Trinajstić information content (AvgIpc) is 2.65. The summed E-state index contributed by atoms with van der Waals surface area (Å²) in [5.41, 5.74) is 9.33. The molecule has 0 aliphatic heterocycles. The minimum absolute atomic E-state index is 0.325. The van der Waals surface area contributed by atoms with Gasteiger partial charge in [-0.15, -0.1) is 0 Å². The molecule has 0 aliphatic carbocycles. The summed E-state index contributed by atoms with van der Waals surface area (Å²) in [5, 5.41) is 9.33. The van der Waals surface area contributed by atoms with Gasteiger partial charge in [-0.3, -0.25) is 15.6 Å². The fraction of sp³-hybridized carbons (Fsp3) is 0.100. The number of nitriles is 1. The van der Waals surface area contributed by atoms with E-state index in [2.05, 4.69) is 26.9 Å². The number of hydrogen-bond donors (Lipinski definition) is 2. The first kappa shape index (κ1) is 17.1. The van der Waals surface area contributed by atoms with Crippen LogP contribution in [0.25, 0.3) is 11.1 Å². The zero-order valence-corrected chi connectivity index (χ0v) is 14.4. The van der Waals surface area contributed by atoms with Gasteiger partial charge in [0, 0.05) is 22.5 Å². The number of rotatable bonds is 4. The van der Waals surface area contributed by atoms with Gasteiger partial charge in [0.2, 0.25) is 5.95 Å². The maximum Gasteiger partial charge on any atom is 0.270 e. The smallest absolute Gasteiger partial charge is 0.267 e. The second kappa shape index (κ2) is 7.45. The van der Waals surface area contributed by atoms with Crippen LogP contribution in [0.1, 0.15) is 27.3 Å². The van der Waals surface area contributed by atoms with Crippen molar-refractivity contribution in [3.8, 4) is 17.2 Å². The Labute approximate surface area is 151 Å². The fourth-order valence-corrected chi connectivity index (χ4v) is 2.69. The van der Waals surface area contributed by atoms with Gasteiger partial charge >= 0.3 is 0 Å². The largest absolute Gasteiger partial charge is 0.270 e. The van der Waals surface area contributed by atoms with Crippen LogP contribution >= 0.6 is 0 Å². The molecule has 0 spiro atoms. The molecule has 2 aromatic carbocycles. The lowest BCUT2D eigenvalue weighted by Crippen LogP contribution is -2.31. The third kappa shape index (κ3) is 3.68. The van der Waals surface area contributed by atoms with Gasteiger partial charge in [0.25, 0.3) is 5.91 Å². The monoisotopic (exact) mass is 343 g/mol. The third-order valence-electron chi connectivity index (χ3n) is 3.78. The predicted molar refractivity (Wildman–Crippen MR) is 99.2 cm³/mol. The van der Waals surface area contributed by atoms with Crippen molar-refractivity contribution in [1.29, 1.82) is 5.26 Å². The highest BCUT2D eigenvalue weighted by molar-refractivity contribution is 6.01. The van der Waals surface area contributed by atoms with Gasteiger partial charge < -0.3 is 0 Å². The zero-order chi connectivity index (χ0) is 18.5. The number of aromatic nitrogens is 2. The molecule has 0 bridgehead atoms. The van der Waals surface area contributed by atoms with E-state index >= 15 is 0 Å². The van der Waals surface area contributed by atoms with Crippen LogP contribution in [0.5, 0.6) is 0 Å². The summed E-state index contributed by atoms with van der Waals surface area (Å²) in [4.78, 5) is 21.1. The first-order valence-electron chi connectivity index (χ1n) is 8.05. The van der Waals surface area contributed by atoms with E-state index in [-0.39, 0.29) is 5.91 Å². The van der Waals surface area contributed by atoms with Crippen molar-refractivity contribution in [3.05, 3.63) is 77.1 Å². The Morgan fingerprint density at radius 2 is 1.58 bits per heavy atom. The van der Waals surface area contributed by atoms with E-state index in [0.717, 1.165) is 11.4 Å². The van der Waals surface area contributed by atoms with Crippen LogP contribution in [-0.2, 0) is 0 Å². The van der Waals surface area contributed by atoms with Crippen LogP contribution in [0.15, 0.2) is 54.6 Å². The predicted octanol–water partition coefficient (Wildman–Crippen LogP) is 3.39. The van der Waals surface area contributed by atoms with Crippen LogP contribution in [0.3, 0.4) is 0 Å². The van der Waals surface area contributed by atoms with Gasteiger partial charge in [-0.05, 0) is 37.6 Å². The minimum Gasteiger partial charge on any atom is -0.267 e. The number of nitrogens with one attached hydrogen (secondary N) is 2. The van der Waals surface area contributed by atoms with Crippen LogP contribution in [-0.4, -0.2) is 15.9 Å². The molecule has 0 saturated heterocycles. The number of hydrogen-bond acceptors (Lipinski definition) is 5. The third-order valence-corrected chi connectivity index (χ3v) is 3.78. The summed E-state index contributed by atoms with van der Waals surface area (Å²) >= 11 is 0. The molecule has 0 fully saturated rings. The van der Waals surface area contributed by atoms with Crippen LogP contribution in [0.2, 0.25) is 0 Å². The summed E-state index contributed by atoms with van der Waals surface area (Å²) in [7, 11) is 0. The highest BCUT2D eigenvalue weighted by Crippen LogP contribution is 2.26. The summed E-state index contributed by atoms with van der Waals surface area (Å²) in [6.07, 6.45) is 0. The lowest BCUT2D eigenvalue weighted by atomic mass is 9.95. The molecular weight excluding hydrogens is 326 g/mol. The first-order chi connectivity index (χ1) is 12.6. The second-order valence-electron chi connectivity index (χ2n) is 5.76. The maximum absolute atomic E-state index is 12.7.